The number of ether oxygens (including phenoxy) is 1. The summed E-state index contributed by atoms with van der Waals surface area (Å²) >= 11 is 0. The van der Waals surface area contributed by atoms with Gasteiger partial charge < -0.3 is 15.0 Å². The number of aryl methyl sites for hydroxylation is 1. The van der Waals surface area contributed by atoms with E-state index in [1.165, 1.54) is 18.4 Å². The van der Waals surface area contributed by atoms with E-state index in [9.17, 15) is 0 Å². The Morgan fingerprint density at radius 3 is 2.68 bits per heavy atom. The molecule has 1 N–H and O–H groups in total. The molecule has 0 radical (unpaired) electrons. The van der Waals surface area contributed by atoms with Crippen molar-refractivity contribution in [1.29, 1.82) is 0 Å². The van der Waals surface area contributed by atoms with Crippen LogP contribution in [0.2, 0.25) is 0 Å². The summed E-state index contributed by atoms with van der Waals surface area (Å²) in [6, 6.07) is 4.36. The summed E-state index contributed by atoms with van der Waals surface area (Å²) in [5.41, 5.74) is 2.43. The fourth-order valence-corrected chi connectivity index (χ4v) is 3.00. The number of morpholine rings is 1. The summed E-state index contributed by atoms with van der Waals surface area (Å²) in [4.78, 5) is 7.16. The Labute approximate surface area is 115 Å². The molecule has 2 aliphatic rings. The number of hydrogen-bond acceptors (Lipinski definition) is 4. The molecule has 1 aromatic heterocycles. The van der Waals surface area contributed by atoms with E-state index in [2.05, 4.69) is 36.2 Å². The van der Waals surface area contributed by atoms with Gasteiger partial charge in [0.2, 0.25) is 0 Å². The molecule has 19 heavy (non-hydrogen) atoms. The van der Waals surface area contributed by atoms with Crippen molar-refractivity contribution in [3.8, 4) is 0 Å². The highest BCUT2D eigenvalue weighted by Crippen LogP contribution is 2.29. The van der Waals surface area contributed by atoms with Gasteiger partial charge in [-0.05, 0) is 37.9 Å². The van der Waals surface area contributed by atoms with E-state index >= 15 is 0 Å². The normalized spacial score (nSPS) is 25.9. The second-order valence-electron chi connectivity index (χ2n) is 5.56. The highest BCUT2D eigenvalue weighted by Gasteiger charge is 2.34. The highest BCUT2D eigenvalue weighted by molar-refractivity contribution is 5.42. The molecule has 0 saturated carbocycles. The van der Waals surface area contributed by atoms with Gasteiger partial charge in [-0.25, -0.2) is 4.98 Å². The smallest absolute Gasteiger partial charge is 0.128 e. The molecule has 0 amide bonds. The van der Waals surface area contributed by atoms with Crippen LogP contribution in [0.25, 0.3) is 0 Å². The Bertz CT molecular complexity index is 437. The second kappa shape index (κ2) is 5.47. The lowest BCUT2D eigenvalue weighted by atomic mass is 10.2. The molecule has 2 atom stereocenters. The first-order valence-electron chi connectivity index (χ1n) is 7.34. The molecule has 3 heterocycles. The molecular formula is C15H23N3O. The summed E-state index contributed by atoms with van der Waals surface area (Å²) in [6.45, 7) is 8.12. The van der Waals surface area contributed by atoms with E-state index in [0.717, 1.165) is 37.7 Å². The fourth-order valence-electron chi connectivity index (χ4n) is 3.00. The predicted octanol–water partition coefficient (Wildman–Crippen LogP) is 1.87. The summed E-state index contributed by atoms with van der Waals surface area (Å²) in [6.07, 6.45) is 3.25. The molecule has 4 nitrogen and oxygen atoms in total. The van der Waals surface area contributed by atoms with E-state index in [4.69, 9.17) is 9.72 Å². The van der Waals surface area contributed by atoms with Gasteiger partial charge in [-0.2, -0.15) is 0 Å². The summed E-state index contributed by atoms with van der Waals surface area (Å²) < 4.78 is 5.88. The van der Waals surface area contributed by atoms with E-state index in [1.807, 2.05) is 0 Å². The number of rotatable bonds is 4. The number of pyridine rings is 1. The number of anilines is 1. The van der Waals surface area contributed by atoms with Gasteiger partial charge in [0.05, 0.1) is 12.2 Å². The largest absolute Gasteiger partial charge is 0.371 e. The highest BCUT2D eigenvalue weighted by atomic mass is 16.5. The molecule has 104 valence electrons. The van der Waals surface area contributed by atoms with Crippen molar-refractivity contribution >= 4 is 5.82 Å². The van der Waals surface area contributed by atoms with Crippen molar-refractivity contribution in [2.24, 2.45) is 0 Å². The summed E-state index contributed by atoms with van der Waals surface area (Å²) in [5.74, 6) is 1.11. The van der Waals surface area contributed by atoms with Crippen LogP contribution in [0.4, 0.5) is 5.82 Å². The summed E-state index contributed by atoms with van der Waals surface area (Å²) in [5, 5.41) is 3.35. The number of aromatic nitrogens is 1. The molecule has 1 aromatic rings. The molecule has 4 heteroatoms. The van der Waals surface area contributed by atoms with Gasteiger partial charge in [0, 0.05) is 25.3 Å². The van der Waals surface area contributed by atoms with Gasteiger partial charge in [0.1, 0.15) is 5.82 Å². The van der Waals surface area contributed by atoms with Gasteiger partial charge in [0.25, 0.3) is 0 Å². The van der Waals surface area contributed by atoms with E-state index < -0.39 is 0 Å². The third-order valence-corrected chi connectivity index (χ3v) is 4.11. The van der Waals surface area contributed by atoms with Crippen LogP contribution >= 0.6 is 0 Å². The maximum atomic E-state index is 5.88. The monoisotopic (exact) mass is 261 g/mol. The number of hydrogen-bond donors (Lipinski definition) is 1. The quantitative estimate of drug-likeness (QED) is 0.898. The molecule has 2 unspecified atom stereocenters. The van der Waals surface area contributed by atoms with Crippen LogP contribution in [0.15, 0.2) is 12.1 Å². The minimum atomic E-state index is 0.419. The van der Waals surface area contributed by atoms with E-state index in [0.29, 0.717) is 12.2 Å². The number of fused-ring (bicyclic) bond motifs is 2. The lowest BCUT2D eigenvalue weighted by Crippen LogP contribution is -2.43. The molecular weight excluding hydrogens is 238 g/mol. The Balaban J connectivity index is 1.73. The van der Waals surface area contributed by atoms with Gasteiger partial charge in [0.15, 0.2) is 0 Å². The number of nitrogens with zero attached hydrogens (tertiary/aromatic N) is 2. The Morgan fingerprint density at radius 2 is 2.05 bits per heavy atom. The van der Waals surface area contributed by atoms with Crippen molar-refractivity contribution in [3.63, 3.8) is 0 Å². The zero-order valence-corrected chi connectivity index (χ0v) is 11.9. The molecule has 2 bridgehead atoms. The van der Waals surface area contributed by atoms with Crippen molar-refractivity contribution in [2.45, 2.75) is 45.4 Å². The second-order valence-corrected chi connectivity index (χ2v) is 5.56. The first-order valence-corrected chi connectivity index (χ1v) is 7.34. The topological polar surface area (TPSA) is 37.4 Å². The van der Waals surface area contributed by atoms with Crippen LogP contribution in [0.1, 0.15) is 31.0 Å². The number of nitrogens with one attached hydrogen (secondary N) is 1. The zero-order valence-electron chi connectivity index (χ0n) is 11.9. The van der Waals surface area contributed by atoms with Crippen molar-refractivity contribution in [1.82, 2.24) is 10.3 Å². The SMILES string of the molecule is CCNCc1ccc(N2CC3CCC(C2)O3)nc1C. The summed E-state index contributed by atoms with van der Waals surface area (Å²) in [7, 11) is 0. The molecule has 2 aliphatic heterocycles. The van der Waals surface area contributed by atoms with Crippen molar-refractivity contribution < 1.29 is 4.74 Å². The van der Waals surface area contributed by atoms with Crippen LogP contribution in [-0.2, 0) is 11.3 Å². The van der Waals surface area contributed by atoms with Crippen LogP contribution in [0.3, 0.4) is 0 Å². The maximum Gasteiger partial charge on any atom is 0.128 e. The fraction of sp³-hybridized carbons (Fsp3) is 0.667. The predicted molar refractivity (Wildman–Crippen MR) is 76.5 cm³/mol. The van der Waals surface area contributed by atoms with Crippen LogP contribution < -0.4 is 10.2 Å². The van der Waals surface area contributed by atoms with E-state index in [-0.39, 0.29) is 0 Å². The molecule has 2 fully saturated rings. The maximum absolute atomic E-state index is 5.88. The van der Waals surface area contributed by atoms with Crippen LogP contribution in [0.5, 0.6) is 0 Å². The van der Waals surface area contributed by atoms with Gasteiger partial charge in [-0.15, -0.1) is 0 Å². The standard InChI is InChI=1S/C15H23N3O/c1-3-16-8-12-4-7-15(17-11(12)2)18-9-13-5-6-14(10-18)19-13/h4,7,13-14,16H,3,5-6,8-10H2,1-2H3. The minimum absolute atomic E-state index is 0.419. The lowest BCUT2D eigenvalue weighted by molar-refractivity contribution is 0.0302. The molecule has 0 spiro atoms. The lowest BCUT2D eigenvalue weighted by Gasteiger charge is -2.33. The first-order chi connectivity index (χ1) is 9.26. The molecule has 2 saturated heterocycles. The van der Waals surface area contributed by atoms with Gasteiger partial charge in [-0.1, -0.05) is 13.0 Å². The van der Waals surface area contributed by atoms with Crippen molar-refractivity contribution in [2.75, 3.05) is 24.5 Å². The van der Waals surface area contributed by atoms with Crippen LogP contribution in [0, 0.1) is 6.92 Å². The van der Waals surface area contributed by atoms with E-state index in [1.54, 1.807) is 0 Å². The Hall–Kier alpha value is -1.13. The van der Waals surface area contributed by atoms with Gasteiger partial charge in [-0.3, -0.25) is 0 Å². The third-order valence-electron chi connectivity index (χ3n) is 4.11. The molecule has 0 aromatic carbocycles. The Kier molecular flexibility index (Phi) is 3.71. The zero-order chi connectivity index (χ0) is 13.2. The minimum Gasteiger partial charge on any atom is -0.371 e. The Morgan fingerprint density at radius 1 is 1.32 bits per heavy atom. The molecule has 0 aliphatic carbocycles. The third kappa shape index (κ3) is 2.74. The van der Waals surface area contributed by atoms with Gasteiger partial charge >= 0.3 is 0 Å². The average molecular weight is 261 g/mol. The molecule has 3 rings (SSSR count). The average Bonchev–Trinajstić information content (AvgIpc) is 2.76. The first kappa shape index (κ1) is 12.9. The van der Waals surface area contributed by atoms with Crippen LogP contribution in [-0.4, -0.2) is 36.8 Å². The van der Waals surface area contributed by atoms with Crippen molar-refractivity contribution in [3.05, 3.63) is 23.4 Å².